The van der Waals surface area contributed by atoms with Crippen LogP contribution in [0.15, 0.2) is 48.8 Å². The summed E-state index contributed by atoms with van der Waals surface area (Å²) in [6, 6.07) is 7.86. The number of aromatic nitrogens is 4. The van der Waals surface area contributed by atoms with E-state index >= 15 is 0 Å². The van der Waals surface area contributed by atoms with Crippen molar-refractivity contribution in [1.29, 1.82) is 0 Å². The van der Waals surface area contributed by atoms with Crippen LogP contribution < -0.4 is 11.2 Å². The van der Waals surface area contributed by atoms with Crippen molar-refractivity contribution in [1.82, 2.24) is 19.1 Å². The molecule has 32 heavy (non-hydrogen) atoms. The Bertz CT molecular complexity index is 1450. The Labute approximate surface area is 189 Å². The lowest BCUT2D eigenvalue weighted by Gasteiger charge is -2.06. The largest absolute Gasteiger partial charge is 0.453 e. The summed E-state index contributed by atoms with van der Waals surface area (Å²) in [5.74, 6) is 1.32. The molecule has 10 nitrogen and oxygen atoms in total. The summed E-state index contributed by atoms with van der Waals surface area (Å²) >= 11 is 3.36. The number of imidazole rings is 1. The molecule has 0 saturated carbocycles. The molecule has 0 saturated heterocycles. The van der Waals surface area contributed by atoms with Gasteiger partial charge in [0.05, 0.1) is 4.92 Å². The third-order valence-electron chi connectivity index (χ3n) is 5.19. The molecule has 0 unspecified atom stereocenters. The SMILES string of the molecule is CCCCn1c(=O)[nH]c(=O)c2c1nc(-c1ccc(-c3ccc([N+](=O)[O-])cc3Br)o1)n2CC. The third kappa shape index (κ3) is 3.68. The Hall–Kier alpha value is -3.47. The zero-order chi connectivity index (χ0) is 23.0. The molecule has 0 amide bonds. The molecule has 0 aliphatic heterocycles. The highest BCUT2D eigenvalue weighted by Crippen LogP contribution is 2.35. The zero-order valence-electron chi connectivity index (χ0n) is 17.4. The van der Waals surface area contributed by atoms with E-state index in [2.05, 4.69) is 25.9 Å². The number of benzene rings is 1. The summed E-state index contributed by atoms with van der Waals surface area (Å²) < 4.78 is 9.72. The molecule has 0 fully saturated rings. The van der Waals surface area contributed by atoms with Gasteiger partial charge in [-0.3, -0.25) is 24.5 Å². The first kappa shape index (κ1) is 21.8. The quantitative estimate of drug-likeness (QED) is 0.296. The maximum absolute atomic E-state index is 12.6. The molecular weight excluding hydrogens is 482 g/mol. The monoisotopic (exact) mass is 501 g/mol. The predicted octanol–water partition coefficient (Wildman–Crippen LogP) is 4.30. The van der Waals surface area contributed by atoms with Gasteiger partial charge in [-0.1, -0.05) is 13.3 Å². The number of nitro benzene ring substituents is 1. The summed E-state index contributed by atoms with van der Waals surface area (Å²) in [4.78, 5) is 42.5. The number of furan rings is 1. The fourth-order valence-electron chi connectivity index (χ4n) is 3.61. The predicted molar refractivity (Wildman–Crippen MR) is 123 cm³/mol. The lowest BCUT2D eigenvalue weighted by atomic mass is 10.1. The molecule has 3 aromatic heterocycles. The van der Waals surface area contributed by atoms with E-state index < -0.39 is 16.2 Å². The van der Waals surface area contributed by atoms with E-state index in [0.29, 0.717) is 51.6 Å². The normalized spacial score (nSPS) is 11.3. The van der Waals surface area contributed by atoms with Crippen LogP contribution in [0.25, 0.3) is 34.1 Å². The van der Waals surface area contributed by atoms with Gasteiger partial charge in [0.2, 0.25) is 0 Å². The van der Waals surface area contributed by atoms with Crippen molar-refractivity contribution in [2.45, 2.75) is 39.8 Å². The highest BCUT2D eigenvalue weighted by Gasteiger charge is 2.21. The fourth-order valence-corrected chi connectivity index (χ4v) is 4.17. The number of hydrogen-bond donors (Lipinski definition) is 1. The van der Waals surface area contributed by atoms with Crippen LogP contribution in [-0.2, 0) is 13.1 Å². The number of fused-ring (bicyclic) bond motifs is 1. The van der Waals surface area contributed by atoms with Gasteiger partial charge >= 0.3 is 5.69 Å². The van der Waals surface area contributed by atoms with Gasteiger partial charge in [0.15, 0.2) is 22.7 Å². The molecule has 0 atom stereocenters. The van der Waals surface area contributed by atoms with Gasteiger partial charge in [-0.2, -0.15) is 0 Å². The van der Waals surface area contributed by atoms with Crippen molar-refractivity contribution >= 4 is 32.8 Å². The van der Waals surface area contributed by atoms with Gasteiger partial charge in [0.25, 0.3) is 11.2 Å². The van der Waals surface area contributed by atoms with Crippen molar-refractivity contribution in [3.63, 3.8) is 0 Å². The highest BCUT2D eigenvalue weighted by atomic mass is 79.9. The first-order chi connectivity index (χ1) is 15.3. The molecule has 166 valence electrons. The van der Waals surface area contributed by atoms with E-state index in [1.165, 1.54) is 16.7 Å². The number of aromatic amines is 1. The Morgan fingerprint density at radius 2 is 1.91 bits per heavy atom. The highest BCUT2D eigenvalue weighted by molar-refractivity contribution is 9.10. The van der Waals surface area contributed by atoms with Crippen molar-refractivity contribution in [2.24, 2.45) is 0 Å². The summed E-state index contributed by atoms with van der Waals surface area (Å²) in [6.07, 6.45) is 1.66. The van der Waals surface area contributed by atoms with Crippen LogP contribution in [0, 0.1) is 10.1 Å². The van der Waals surface area contributed by atoms with Crippen molar-refractivity contribution < 1.29 is 9.34 Å². The van der Waals surface area contributed by atoms with E-state index in [-0.39, 0.29) is 5.69 Å². The Morgan fingerprint density at radius 1 is 1.16 bits per heavy atom. The summed E-state index contributed by atoms with van der Waals surface area (Å²) in [6.45, 7) is 4.78. The summed E-state index contributed by atoms with van der Waals surface area (Å²) in [5.41, 5.74) is 0.246. The van der Waals surface area contributed by atoms with Crippen molar-refractivity contribution in [3.8, 4) is 22.9 Å². The molecule has 4 rings (SSSR count). The molecule has 11 heteroatoms. The first-order valence-corrected chi connectivity index (χ1v) is 10.9. The number of halogens is 1. The van der Waals surface area contributed by atoms with E-state index in [1.807, 2.05) is 13.8 Å². The van der Waals surface area contributed by atoms with Gasteiger partial charge in [0, 0.05) is 35.3 Å². The molecule has 0 radical (unpaired) electrons. The van der Waals surface area contributed by atoms with Gasteiger partial charge in [0.1, 0.15) is 5.76 Å². The van der Waals surface area contributed by atoms with Gasteiger partial charge in [-0.05, 0) is 47.5 Å². The second kappa shape index (κ2) is 8.58. The number of hydrogen-bond acceptors (Lipinski definition) is 6. The summed E-state index contributed by atoms with van der Waals surface area (Å²) in [5, 5.41) is 11.0. The van der Waals surface area contributed by atoms with Crippen LogP contribution in [0.2, 0.25) is 0 Å². The molecule has 0 aliphatic carbocycles. The number of H-pyrrole nitrogens is 1. The lowest BCUT2D eigenvalue weighted by molar-refractivity contribution is -0.384. The van der Waals surface area contributed by atoms with Crippen LogP contribution in [0.4, 0.5) is 5.69 Å². The van der Waals surface area contributed by atoms with Crippen LogP contribution in [0.3, 0.4) is 0 Å². The number of nitrogens with one attached hydrogen (secondary N) is 1. The average Bonchev–Trinajstić information content (AvgIpc) is 3.38. The molecular formula is C21H20BrN5O5. The Kier molecular flexibility index (Phi) is 5.83. The van der Waals surface area contributed by atoms with E-state index in [0.717, 1.165) is 12.8 Å². The number of nitro groups is 1. The maximum Gasteiger partial charge on any atom is 0.330 e. The number of unbranched alkanes of at least 4 members (excludes halogenated alkanes) is 1. The molecule has 4 aromatic rings. The van der Waals surface area contributed by atoms with Gasteiger partial charge < -0.3 is 8.98 Å². The topological polar surface area (TPSA) is 129 Å². The average molecular weight is 502 g/mol. The minimum absolute atomic E-state index is 0.0375. The van der Waals surface area contributed by atoms with E-state index in [9.17, 15) is 19.7 Å². The second-order valence-corrected chi connectivity index (χ2v) is 8.06. The minimum Gasteiger partial charge on any atom is -0.453 e. The molecule has 0 aliphatic rings. The van der Waals surface area contributed by atoms with Crippen molar-refractivity contribution in [2.75, 3.05) is 0 Å². The van der Waals surface area contributed by atoms with Gasteiger partial charge in [-0.15, -0.1) is 0 Å². The standard InChI is InChI=1S/C21H20BrN5O5/c1-3-5-10-26-19-17(20(28)24-21(26)29)25(4-2)18(23-19)16-9-8-15(32-16)13-7-6-12(27(30)31)11-14(13)22/h6-9,11H,3-5,10H2,1-2H3,(H,24,28,29). The number of aryl methyl sites for hydroxylation is 2. The van der Waals surface area contributed by atoms with Crippen LogP contribution >= 0.6 is 15.9 Å². The molecule has 0 spiro atoms. The molecule has 1 N–H and O–H groups in total. The summed E-state index contributed by atoms with van der Waals surface area (Å²) in [7, 11) is 0. The second-order valence-electron chi connectivity index (χ2n) is 7.20. The van der Waals surface area contributed by atoms with Crippen molar-refractivity contribution in [3.05, 3.63) is 65.8 Å². The fraction of sp³-hybridized carbons (Fsp3) is 0.286. The van der Waals surface area contributed by atoms with E-state index in [1.54, 1.807) is 22.8 Å². The third-order valence-corrected chi connectivity index (χ3v) is 5.85. The number of non-ortho nitro benzene ring substituents is 1. The maximum atomic E-state index is 12.6. The molecule has 1 aromatic carbocycles. The molecule has 0 bridgehead atoms. The van der Waals surface area contributed by atoms with Crippen LogP contribution in [0.1, 0.15) is 26.7 Å². The number of rotatable bonds is 7. The Morgan fingerprint density at radius 3 is 2.56 bits per heavy atom. The number of nitrogens with zero attached hydrogens (tertiary/aromatic N) is 4. The van der Waals surface area contributed by atoms with E-state index in [4.69, 9.17) is 4.42 Å². The lowest BCUT2D eigenvalue weighted by Crippen LogP contribution is -2.31. The van der Waals surface area contributed by atoms with Crippen LogP contribution in [0.5, 0.6) is 0 Å². The smallest absolute Gasteiger partial charge is 0.330 e. The minimum atomic E-state index is -0.497. The van der Waals surface area contributed by atoms with Gasteiger partial charge in [-0.25, -0.2) is 9.78 Å². The van der Waals surface area contributed by atoms with Crippen LogP contribution in [-0.4, -0.2) is 24.0 Å². The molecule has 3 heterocycles. The Balaban J connectivity index is 1.86. The zero-order valence-corrected chi connectivity index (χ0v) is 19.0. The first-order valence-electron chi connectivity index (χ1n) is 10.1.